The molecule has 1 atom stereocenters. The van der Waals surface area contributed by atoms with Crippen LogP contribution in [0.15, 0.2) is 30.3 Å². The molecule has 9 heteroatoms. The summed E-state index contributed by atoms with van der Waals surface area (Å²) in [5, 5.41) is 4.15. The molecule has 6 nitrogen and oxygen atoms in total. The molecule has 27 heavy (non-hydrogen) atoms. The molecule has 1 saturated heterocycles. The third-order valence-corrected chi connectivity index (χ3v) is 7.60. The molecule has 1 N–H and O–H groups in total. The van der Waals surface area contributed by atoms with Gasteiger partial charge in [-0.3, -0.25) is 9.59 Å². The number of hydrogen-bond donors (Lipinski definition) is 1. The first kappa shape index (κ1) is 19.9. The van der Waals surface area contributed by atoms with E-state index in [0.717, 1.165) is 15.0 Å². The quantitative estimate of drug-likeness (QED) is 0.760. The highest BCUT2D eigenvalue weighted by Crippen LogP contribution is 2.35. The monoisotopic (exact) mass is 426 g/mol. The van der Waals surface area contributed by atoms with Gasteiger partial charge in [-0.1, -0.05) is 29.8 Å². The van der Waals surface area contributed by atoms with Crippen LogP contribution in [-0.4, -0.2) is 55.8 Å². The second-order valence-corrected chi connectivity index (χ2v) is 10.1. The van der Waals surface area contributed by atoms with Crippen LogP contribution in [0.4, 0.5) is 0 Å². The van der Waals surface area contributed by atoms with Gasteiger partial charge >= 0.3 is 0 Å². The lowest BCUT2D eigenvalue weighted by Crippen LogP contribution is -2.51. The predicted octanol–water partition coefficient (Wildman–Crippen LogP) is 2.33. The van der Waals surface area contributed by atoms with Crippen LogP contribution in [0.2, 0.25) is 5.02 Å². The van der Waals surface area contributed by atoms with Crippen molar-refractivity contribution in [3.63, 3.8) is 0 Å². The van der Waals surface area contributed by atoms with Crippen molar-refractivity contribution in [3.05, 3.63) is 40.2 Å². The fourth-order valence-corrected chi connectivity index (χ4v) is 5.42. The molecule has 0 bridgehead atoms. The zero-order valence-electron chi connectivity index (χ0n) is 14.6. The molecular weight excluding hydrogens is 408 g/mol. The zero-order chi connectivity index (χ0) is 19.6. The number of fused-ring (bicyclic) bond motifs is 1. The summed E-state index contributed by atoms with van der Waals surface area (Å²) < 4.78 is 23.9. The Balaban J connectivity index is 1.60. The van der Waals surface area contributed by atoms with Crippen molar-refractivity contribution in [2.45, 2.75) is 13.0 Å². The molecule has 0 radical (unpaired) electrons. The number of sulfone groups is 1. The van der Waals surface area contributed by atoms with E-state index in [1.807, 2.05) is 24.3 Å². The van der Waals surface area contributed by atoms with E-state index >= 15 is 0 Å². The number of nitrogens with one attached hydrogen (secondary N) is 1. The van der Waals surface area contributed by atoms with Crippen LogP contribution in [0.3, 0.4) is 0 Å². The Morgan fingerprint density at radius 3 is 2.59 bits per heavy atom. The van der Waals surface area contributed by atoms with Crippen molar-refractivity contribution in [2.24, 2.45) is 0 Å². The number of carbonyl (C=O) groups is 2. The number of hydrogen-bond acceptors (Lipinski definition) is 5. The molecule has 3 rings (SSSR count). The fraction of sp³-hybridized carbons (Fsp3) is 0.333. The minimum absolute atomic E-state index is 0.0380. The van der Waals surface area contributed by atoms with Crippen LogP contribution < -0.4 is 5.32 Å². The topological polar surface area (TPSA) is 83.6 Å². The van der Waals surface area contributed by atoms with Crippen LogP contribution in [-0.2, 0) is 19.4 Å². The standard InChI is InChI=1S/C18H19ClN2O4S2/c1-12(18(23)21-8-10-27(24,25)11-9-21)20-16(22)7-6-15-17(19)13-4-2-3-5-14(13)26-15/h2-7,12H,8-11H2,1H3,(H,20,22)/b7-6+. The van der Waals surface area contributed by atoms with E-state index in [0.29, 0.717) is 5.02 Å². The van der Waals surface area contributed by atoms with Gasteiger partial charge in [0.25, 0.3) is 0 Å². The van der Waals surface area contributed by atoms with Gasteiger partial charge < -0.3 is 10.2 Å². The number of carbonyl (C=O) groups excluding carboxylic acids is 2. The van der Waals surface area contributed by atoms with Crippen LogP contribution in [0.25, 0.3) is 16.2 Å². The number of halogens is 1. The van der Waals surface area contributed by atoms with E-state index in [-0.39, 0.29) is 30.5 Å². The first-order valence-corrected chi connectivity index (χ1v) is 11.4. The third-order valence-electron chi connectivity index (χ3n) is 4.33. The molecule has 1 aromatic heterocycles. The van der Waals surface area contributed by atoms with E-state index in [1.54, 1.807) is 13.0 Å². The van der Waals surface area contributed by atoms with Crippen molar-refractivity contribution >= 4 is 60.8 Å². The molecular formula is C18H19ClN2O4S2. The van der Waals surface area contributed by atoms with Gasteiger partial charge in [0, 0.05) is 34.1 Å². The predicted molar refractivity (Wildman–Crippen MR) is 109 cm³/mol. The van der Waals surface area contributed by atoms with Gasteiger partial charge in [0.2, 0.25) is 11.8 Å². The molecule has 0 saturated carbocycles. The summed E-state index contributed by atoms with van der Waals surface area (Å²) in [6, 6.07) is 6.98. The number of benzene rings is 1. The van der Waals surface area contributed by atoms with Gasteiger partial charge in [0.05, 0.1) is 16.5 Å². The number of rotatable bonds is 4. The molecule has 1 unspecified atom stereocenters. The molecule has 144 valence electrons. The first-order valence-electron chi connectivity index (χ1n) is 8.41. The normalized spacial score (nSPS) is 17.9. The van der Waals surface area contributed by atoms with Crippen LogP contribution in [0.1, 0.15) is 11.8 Å². The smallest absolute Gasteiger partial charge is 0.244 e. The molecule has 0 spiro atoms. The van der Waals surface area contributed by atoms with Crippen LogP contribution >= 0.6 is 22.9 Å². The summed E-state index contributed by atoms with van der Waals surface area (Å²) in [6.07, 6.45) is 2.98. The Hall–Kier alpha value is -1.90. The van der Waals surface area contributed by atoms with Gasteiger partial charge in [0.1, 0.15) is 6.04 Å². The molecule has 2 amide bonds. The summed E-state index contributed by atoms with van der Waals surface area (Å²) in [5.74, 6) is -0.770. The highest BCUT2D eigenvalue weighted by molar-refractivity contribution is 7.91. The van der Waals surface area contributed by atoms with Gasteiger partial charge in [0.15, 0.2) is 9.84 Å². The fourth-order valence-electron chi connectivity index (χ4n) is 2.82. The largest absolute Gasteiger partial charge is 0.341 e. The van der Waals surface area contributed by atoms with Crippen molar-refractivity contribution < 1.29 is 18.0 Å². The van der Waals surface area contributed by atoms with Crippen LogP contribution in [0.5, 0.6) is 0 Å². The van der Waals surface area contributed by atoms with E-state index in [1.165, 1.54) is 22.3 Å². The summed E-state index contributed by atoms with van der Waals surface area (Å²) in [7, 11) is -3.06. The highest BCUT2D eigenvalue weighted by atomic mass is 35.5. The zero-order valence-corrected chi connectivity index (χ0v) is 17.0. The maximum Gasteiger partial charge on any atom is 0.244 e. The lowest BCUT2D eigenvalue weighted by atomic mass is 10.2. The van der Waals surface area contributed by atoms with Crippen molar-refractivity contribution in [3.8, 4) is 0 Å². The maximum absolute atomic E-state index is 12.4. The molecule has 1 aromatic carbocycles. The van der Waals surface area contributed by atoms with E-state index in [4.69, 9.17) is 11.6 Å². The summed E-state index contributed by atoms with van der Waals surface area (Å²) >= 11 is 7.82. The van der Waals surface area contributed by atoms with Crippen molar-refractivity contribution in [1.29, 1.82) is 0 Å². The van der Waals surface area contributed by atoms with Gasteiger partial charge in [-0.25, -0.2) is 8.42 Å². The summed E-state index contributed by atoms with van der Waals surface area (Å²) in [5.41, 5.74) is 0. The van der Waals surface area contributed by atoms with Crippen LogP contribution in [0, 0.1) is 0 Å². The molecule has 2 aromatic rings. The molecule has 0 aliphatic carbocycles. The summed E-state index contributed by atoms with van der Waals surface area (Å²) in [6.45, 7) is 1.91. The second kappa shape index (κ2) is 8.00. The van der Waals surface area contributed by atoms with Gasteiger partial charge in [-0.05, 0) is 19.1 Å². The molecule has 2 heterocycles. The number of nitrogens with zero attached hydrogens (tertiary/aromatic N) is 1. The SMILES string of the molecule is CC(NC(=O)/C=C/c1sc2ccccc2c1Cl)C(=O)N1CCS(=O)(=O)CC1. The minimum Gasteiger partial charge on any atom is -0.341 e. The third kappa shape index (κ3) is 4.69. The molecule has 1 fully saturated rings. The second-order valence-electron chi connectivity index (χ2n) is 6.32. The van der Waals surface area contributed by atoms with E-state index < -0.39 is 21.8 Å². The van der Waals surface area contributed by atoms with E-state index in [9.17, 15) is 18.0 Å². The summed E-state index contributed by atoms with van der Waals surface area (Å²) in [4.78, 5) is 26.7. The average molecular weight is 427 g/mol. The maximum atomic E-state index is 12.4. The Labute approximate surface area is 166 Å². The van der Waals surface area contributed by atoms with Gasteiger partial charge in [-0.15, -0.1) is 11.3 Å². The number of thiophene rings is 1. The first-order chi connectivity index (χ1) is 12.8. The lowest BCUT2D eigenvalue weighted by molar-refractivity contribution is -0.134. The molecule has 1 aliphatic heterocycles. The average Bonchev–Trinajstić information content (AvgIpc) is 2.95. The number of amides is 2. The Bertz CT molecular complexity index is 1000. The minimum atomic E-state index is -3.06. The van der Waals surface area contributed by atoms with Gasteiger partial charge in [-0.2, -0.15) is 0 Å². The van der Waals surface area contributed by atoms with E-state index in [2.05, 4.69) is 5.32 Å². The molecule has 1 aliphatic rings. The van der Waals surface area contributed by atoms with Crippen molar-refractivity contribution in [2.75, 3.05) is 24.6 Å². The Kier molecular flexibility index (Phi) is 5.88. The Morgan fingerprint density at radius 1 is 1.26 bits per heavy atom. The van der Waals surface area contributed by atoms with Crippen molar-refractivity contribution in [1.82, 2.24) is 10.2 Å². The Morgan fingerprint density at radius 2 is 1.93 bits per heavy atom. The highest BCUT2D eigenvalue weighted by Gasteiger charge is 2.28. The lowest BCUT2D eigenvalue weighted by Gasteiger charge is -2.29.